The summed E-state index contributed by atoms with van der Waals surface area (Å²) in [5.41, 5.74) is 4.69. The molecule has 0 aliphatic carbocycles. The highest BCUT2D eigenvalue weighted by Gasteiger charge is 2.32. The van der Waals surface area contributed by atoms with E-state index in [1.807, 2.05) is 49.9 Å². The van der Waals surface area contributed by atoms with Gasteiger partial charge in [-0.3, -0.25) is 4.79 Å². The van der Waals surface area contributed by atoms with Gasteiger partial charge in [-0.15, -0.1) is 0 Å². The molecule has 0 saturated carbocycles. The second kappa shape index (κ2) is 8.15. The molecule has 6 nitrogen and oxygen atoms in total. The van der Waals surface area contributed by atoms with Gasteiger partial charge in [-0.05, 0) is 45.6 Å². The molecule has 2 aromatic heterocycles. The average molecular weight is 390 g/mol. The Balaban J connectivity index is 1.67. The number of piperidine rings is 1. The fraction of sp³-hybridized carbons (Fsp3) is 0.391. The van der Waals surface area contributed by atoms with Crippen molar-refractivity contribution < 1.29 is 9.32 Å². The first-order valence-electron chi connectivity index (χ1n) is 10.1. The fourth-order valence-electron chi connectivity index (χ4n) is 4.03. The van der Waals surface area contributed by atoms with Crippen LogP contribution in [-0.2, 0) is 11.2 Å². The normalized spacial score (nSPS) is 16.8. The number of hydrogen-bond acceptors (Lipinski definition) is 5. The number of aromatic nitrogens is 3. The molecular weight excluding hydrogens is 364 g/mol. The lowest BCUT2D eigenvalue weighted by molar-refractivity contribution is -0.134. The van der Waals surface area contributed by atoms with Crippen LogP contribution in [0.2, 0.25) is 0 Å². The van der Waals surface area contributed by atoms with Crippen LogP contribution in [0.25, 0.3) is 11.3 Å². The van der Waals surface area contributed by atoms with Gasteiger partial charge in [0.15, 0.2) is 5.76 Å². The van der Waals surface area contributed by atoms with Crippen LogP contribution in [-0.4, -0.2) is 32.5 Å². The maximum Gasteiger partial charge on any atom is 0.227 e. The van der Waals surface area contributed by atoms with Crippen molar-refractivity contribution in [3.8, 4) is 11.3 Å². The zero-order valence-electron chi connectivity index (χ0n) is 17.2. The van der Waals surface area contributed by atoms with Crippen LogP contribution in [0, 0.1) is 20.8 Å². The number of hydrogen-bond donors (Lipinski definition) is 0. The van der Waals surface area contributed by atoms with E-state index in [2.05, 4.69) is 16.2 Å². The zero-order chi connectivity index (χ0) is 20.4. The van der Waals surface area contributed by atoms with Crippen LogP contribution < -0.4 is 0 Å². The molecule has 29 heavy (non-hydrogen) atoms. The maximum absolute atomic E-state index is 13.2. The molecule has 4 rings (SSSR count). The van der Waals surface area contributed by atoms with Gasteiger partial charge in [-0.1, -0.05) is 35.0 Å². The molecule has 1 saturated heterocycles. The van der Waals surface area contributed by atoms with Gasteiger partial charge in [0.2, 0.25) is 5.91 Å². The second-order valence-electron chi connectivity index (χ2n) is 7.81. The fourth-order valence-corrected chi connectivity index (χ4v) is 4.03. The largest absolute Gasteiger partial charge is 0.356 e. The summed E-state index contributed by atoms with van der Waals surface area (Å²) in [4.78, 5) is 24.3. The molecule has 0 unspecified atom stereocenters. The van der Waals surface area contributed by atoms with Gasteiger partial charge in [-0.2, -0.15) is 0 Å². The van der Waals surface area contributed by atoms with Crippen LogP contribution in [0.5, 0.6) is 0 Å². The third-order valence-electron chi connectivity index (χ3n) is 5.41. The van der Waals surface area contributed by atoms with Crippen LogP contribution in [0.3, 0.4) is 0 Å². The van der Waals surface area contributed by atoms with Gasteiger partial charge in [0.1, 0.15) is 5.82 Å². The van der Waals surface area contributed by atoms with E-state index in [-0.39, 0.29) is 11.9 Å². The number of likely N-dealkylation sites (tertiary alicyclic amines) is 1. The Labute approximate surface area is 171 Å². The lowest BCUT2D eigenvalue weighted by Gasteiger charge is -2.36. The molecule has 1 aliphatic heterocycles. The van der Waals surface area contributed by atoms with Crippen LogP contribution in [0.15, 0.2) is 41.1 Å². The predicted molar refractivity (Wildman–Crippen MR) is 110 cm³/mol. The lowest BCUT2D eigenvalue weighted by Crippen LogP contribution is -2.40. The first-order valence-corrected chi connectivity index (χ1v) is 10.1. The van der Waals surface area contributed by atoms with Gasteiger partial charge >= 0.3 is 0 Å². The number of aryl methyl sites for hydroxylation is 3. The SMILES string of the molecule is Cc1cccc(CC(=O)N2CCCC[C@@H]2c2nc(C)ncc2-c2cc(C)no2)c1. The molecule has 0 radical (unpaired) electrons. The van der Waals surface area contributed by atoms with E-state index in [0.29, 0.717) is 18.0 Å². The summed E-state index contributed by atoms with van der Waals surface area (Å²) in [6, 6.07) is 9.95. The van der Waals surface area contributed by atoms with Crippen molar-refractivity contribution >= 4 is 5.91 Å². The predicted octanol–water partition coefficient (Wildman–Crippen LogP) is 4.35. The topological polar surface area (TPSA) is 72.1 Å². The summed E-state index contributed by atoms with van der Waals surface area (Å²) >= 11 is 0. The highest BCUT2D eigenvalue weighted by atomic mass is 16.5. The molecule has 1 aromatic carbocycles. The minimum absolute atomic E-state index is 0.0804. The molecule has 1 amide bonds. The van der Waals surface area contributed by atoms with E-state index < -0.39 is 0 Å². The minimum atomic E-state index is -0.0804. The Morgan fingerprint density at radius 3 is 2.83 bits per heavy atom. The van der Waals surface area contributed by atoms with E-state index in [9.17, 15) is 4.79 Å². The van der Waals surface area contributed by atoms with Crippen molar-refractivity contribution in [1.29, 1.82) is 0 Å². The Morgan fingerprint density at radius 2 is 2.07 bits per heavy atom. The quantitative estimate of drug-likeness (QED) is 0.662. The van der Waals surface area contributed by atoms with E-state index in [1.54, 1.807) is 6.20 Å². The van der Waals surface area contributed by atoms with Gasteiger partial charge in [0.05, 0.1) is 29.4 Å². The van der Waals surface area contributed by atoms with Gasteiger partial charge in [0.25, 0.3) is 0 Å². The van der Waals surface area contributed by atoms with Crippen molar-refractivity contribution in [2.45, 2.75) is 52.5 Å². The smallest absolute Gasteiger partial charge is 0.227 e. The Bertz CT molecular complexity index is 1030. The van der Waals surface area contributed by atoms with Crippen LogP contribution in [0.1, 0.15) is 53.6 Å². The third-order valence-corrected chi connectivity index (χ3v) is 5.41. The molecule has 1 fully saturated rings. The number of benzene rings is 1. The van der Waals surface area contributed by atoms with Gasteiger partial charge in [-0.25, -0.2) is 9.97 Å². The molecule has 0 bridgehead atoms. The number of carbonyl (C=O) groups excluding carboxylic acids is 1. The number of nitrogens with zero attached hydrogens (tertiary/aromatic N) is 4. The van der Waals surface area contributed by atoms with Crippen molar-refractivity contribution in [2.75, 3.05) is 6.54 Å². The average Bonchev–Trinajstić information content (AvgIpc) is 3.14. The van der Waals surface area contributed by atoms with E-state index in [0.717, 1.165) is 48.3 Å². The molecule has 0 N–H and O–H groups in total. The van der Waals surface area contributed by atoms with Crippen LogP contribution in [0.4, 0.5) is 0 Å². The molecule has 6 heteroatoms. The van der Waals surface area contributed by atoms with E-state index >= 15 is 0 Å². The van der Waals surface area contributed by atoms with Crippen molar-refractivity contribution in [3.63, 3.8) is 0 Å². The Hall–Kier alpha value is -3.02. The number of amides is 1. The summed E-state index contributed by atoms with van der Waals surface area (Å²) in [5, 5.41) is 4.01. The molecule has 0 spiro atoms. The van der Waals surface area contributed by atoms with Crippen molar-refractivity contribution in [2.24, 2.45) is 0 Å². The molecule has 3 heterocycles. The second-order valence-corrected chi connectivity index (χ2v) is 7.81. The molecule has 1 atom stereocenters. The highest BCUT2D eigenvalue weighted by molar-refractivity contribution is 5.79. The Kier molecular flexibility index (Phi) is 5.43. The zero-order valence-corrected chi connectivity index (χ0v) is 17.2. The molecule has 150 valence electrons. The van der Waals surface area contributed by atoms with E-state index in [4.69, 9.17) is 9.51 Å². The molecular formula is C23H26N4O2. The monoisotopic (exact) mass is 390 g/mol. The summed E-state index contributed by atoms with van der Waals surface area (Å²) in [6.45, 7) is 6.56. The van der Waals surface area contributed by atoms with E-state index in [1.165, 1.54) is 5.56 Å². The van der Waals surface area contributed by atoms with Gasteiger partial charge in [0, 0.05) is 18.8 Å². The maximum atomic E-state index is 13.2. The first kappa shape index (κ1) is 19.3. The number of carbonyl (C=O) groups is 1. The van der Waals surface area contributed by atoms with Crippen LogP contribution >= 0.6 is 0 Å². The van der Waals surface area contributed by atoms with Gasteiger partial charge < -0.3 is 9.42 Å². The standard InChI is InChI=1S/C23H26N4O2/c1-15-7-6-8-18(11-15)13-22(28)27-10-5-4-9-20(27)23-19(14-24-17(3)25-23)21-12-16(2)26-29-21/h6-8,11-12,14,20H,4-5,9-10,13H2,1-3H3/t20-/m1/s1. The Morgan fingerprint density at radius 1 is 1.21 bits per heavy atom. The summed E-state index contributed by atoms with van der Waals surface area (Å²) in [5.74, 6) is 1.47. The lowest BCUT2D eigenvalue weighted by atomic mass is 9.94. The summed E-state index contributed by atoms with van der Waals surface area (Å²) < 4.78 is 5.49. The summed E-state index contributed by atoms with van der Waals surface area (Å²) in [6.07, 6.45) is 5.15. The van der Waals surface area contributed by atoms with Crippen molar-refractivity contribution in [3.05, 3.63) is 64.9 Å². The highest BCUT2D eigenvalue weighted by Crippen LogP contribution is 2.36. The summed E-state index contributed by atoms with van der Waals surface area (Å²) in [7, 11) is 0. The first-order chi connectivity index (χ1) is 14.0. The molecule has 1 aliphatic rings. The third kappa shape index (κ3) is 4.21. The van der Waals surface area contributed by atoms with Crippen molar-refractivity contribution in [1.82, 2.24) is 20.0 Å². The number of rotatable bonds is 4. The minimum Gasteiger partial charge on any atom is -0.356 e. The molecule has 3 aromatic rings.